The van der Waals surface area contributed by atoms with E-state index in [0.717, 1.165) is 29.3 Å². The van der Waals surface area contributed by atoms with E-state index in [2.05, 4.69) is 11.9 Å². The average Bonchev–Trinajstić information content (AvgIpc) is 2.84. The summed E-state index contributed by atoms with van der Waals surface area (Å²) in [6.45, 7) is 9.57. The van der Waals surface area contributed by atoms with Crippen LogP contribution in [-0.4, -0.2) is 33.7 Å². The molecule has 1 saturated heterocycles. The van der Waals surface area contributed by atoms with E-state index in [1.807, 2.05) is 64.1 Å². The second-order valence-electron chi connectivity index (χ2n) is 9.94. The van der Waals surface area contributed by atoms with Crippen molar-refractivity contribution in [3.8, 4) is 5.75 Å². The highest BCUT2D eigenvalue weighted by atomic mass is 32.2. The highest BCUT2D eigenvalue weighted by Crippen LogP contribution is 2.32. The number of aromatic nitrogens is 1. The van der Waals surface area contributed by atoms with Gasteiger partial charge in [0.1, 0.15) is 18.1 Å². The van der Waals surface area contributed by atoms with Gasteiger partial charge in [0, 0.05) is 18.5 Å². The quantitative estimate of drug-likeness (QED) is 0.422. The smallest absolute Gasteiger partial charge is 0.312 e. The normalized spacial score (nSPS) is 19.3. The molecule has 3 rings (SSSR count). The summed E-state index contributed by atoms with van der Waals surface area (Å²) in [4.78, 5) is 41.7. The van der Waals surface area contributed by atoms with Gasteiger partial charge in [0.25, 0.3) is 0 Å². The topological polar surface area (TPSA) is 82.6 Å². The lowest BCUT2D eigenvalue weighted by molar-refractivity contribution is -0.160. The average molecular weight is 498 g/mol. The van der Waals surface area contributed by atoms with Crippen molar-refractivity contribution in [2.45, 2.75) is 71.7 Å². The molecule has 35 heavy (non-hydrogen) atoms. The van der Waals surface area contributed by atoms with Gasteiger partial charge in [-0.05, 0) is 69.4 Å². The summed E-state index contributed by atoms with van der Waals surface area (Å²) in [5, 5.41) is -0.232. The molecule has 0 radical (unpaired) electrons. The molecule has 7 heteroatoms. The lowest BCUT2D eigenvalue weighted by atomic mass is 9.92. The van der Waals surface area contributed by atoms with Crippen LogP contribution in [0.2, 0.25) is 0 Å². The number of carbonyl (C=O) groups is 3. The highest BCUT2D eigenvalue weighted by molar-refractivity contribution is 8.14. The Hall–Kier alpha value is -2.67. The van der Waals surface area contributed by atoms with Crippen molar-refractivity contribution in [1.82, 2.24) is 4.98 Å². The van der Waals surface area contributed by atoms with Gasteiger partial charge in [-0.15, -0.1) is 0 Å². The van der Waals surface area contributed by atoms with Crippen LogP contribution in [0.25, 0.3) is 0 Å². The molecule has 2 unspecified atom stereocenters. The van der Waals surface area contributed by atoms with E-state index in [1.165, 1.54) is 0 Å². The molecule has 0 bridgehead atoms. The fourth-order valence-corrected chi connectivity index (χ4v) is 4.95. The first kappa shape index (κ1) is 26.9. The lowest BCUT2D eigenvalue weighted by Crippen LogP contribution is -2.34. The Morgan fingerprint density at radius 3 is 2.34 bits per heavy atom. The van der Waals surface area contributed by atoms with Crippen molar-refractivity contribution in [2.24, 2.45) is 11.3 Å². The van der Waals surface area contributed by atoms with Gasteiger partial charge in [-0.25, -0.2) is 0 Å². The number of aryl methyl sites for hydroxylation is 1. The van der Waals surface area contributed by atoms with Crippen molar-refractivity contribution in [1.29, 1.82) is 0 Å². The Morgan fingerprint density at radius 2 is 1.77 bits per heavy atom. The van der Waals surface area contributed by atoms with Crippen LogP contribution in [0.4, 0.5) is 0 Å². The van der Waals surface area contributed by atoms with Gasteiger partial charge in [-0.2, -0.15) is 0 Å². The minimum atomic E-state index is -0.643. The summed E-state index contributed by atoms with van der Waals surface area (Å²) in [7, 11) is 0. The van der Waals surface area contributed by atoms with E-state index in [1.54, 1.807) is 6.20 Å². The zero-order valence-electron chi connectivity index (χ0n) is 21.2. The summed E-state index contributed by atoms with van der Waals surface area (Å²) in [5.41, 5.74) is 2.07. The van der Waals surface area contributed by atoms with Crippen LogP contribution in [0.1, 0.15) is 70.4 Å². The molecular weight excluding hydrogens is 462 g/mol. The summed E-state index contributed by atoms with van der Waals surface area (Å²) in [6, 6.07) is 11.3. The minimum absolute atomic E-state index is 0.0952. The Labute approximate surface area is 212 Å². The highest BCUT2D eigenvalue weighted by Gasteiger charge is 2.35. The summed E-state index contributed by atoms with van der Waals surface area (Å²) >= 11 is 1.16. The maximum atomic E-state index is 12.6. The zero-order chi connectivity index (χ0) is 25.6. The van der Waals surface area contributed by atoms with Gasteiger partial charge < -0.3 is 9.47 Å². The van der Waals surface area contributed by atoms with Crippen molar-refractivity contribution in [2.75, 3.05) is 6.61 Å². The number of esters is 1. The number of Topliss-reactive ketones (excluding diaryl/α,β-unsaturated/α-hetero) is 1. The van der Waals surface area contributed by atoms with Gasteiger partial charge in [-0.1, -0.05) is 43.8 Å². The number of rotatable bonds is 9. The number of hydrogen-bond donors (Lipinski definition) is 0. The molecule has 1 aliphatic heterocycles. The second kappa shape index (κ2) is 11.8. The van der Waals surface area contributed by atoms with Gasteiger partial charge >= 0.3 is 5.97 Å². The number of carbonyl (C=O) groups excluding carboxylic acids is 3. The molecule has 0 spiro atoms. The van der Waals surface area contributed by atoms with Crippen molar-refractivity contribution < 1.29 is 23.9 Å². The molecule has 1 aliphatic rings. The summed E-state index contributed by atoms with van der Waals surface area (Å²) in [6.07, 6.45) is 3.60. The van der Waals surface area contributed by atoms with Crippen LogP contribution in [0, 0.1) is 11.3 Å². The standard InChI is InChI=1S/C28H35NO5S/c1-6-18-10-13-22(29-16-18)23(34-27(32)28(3,4)5)17-33-21-11-8-19(9-12-21)14-24-26(31)20(7-2)15-25(30)35-24/h8-13,16,20,23-24H,6-7,14-15,17H2,1-5H3/t20?,23-,24?/m0/s1. The first-order chi connectivity index (χ1) is 16.6. The van der Waals surface area contributed by atoms with Crippen molar-refractivity contribution in [3.63, 3.8) is 0 Å². The maximum Gasteiger partial charge on any atom is 0.312 e. The molecule has 0 N–H and O–H groups in total. The molecule has 188 valence electrons. The molecular formula is C28H35NO5S. The second-order valence-corrected chi connectivity index (χ2v) is 11.2. The number of pyridine rings is 1. The maximum absolute atomic E-state index is 12.6. The molecule has 6 nitrogen and oxygen atoms in total. The predicted molar refractivity (Wildman–Crippen MR) is 137 cm³/mol. The molecule has 3 atom stereocenters. The van der Waals surface area contributed by atoms with Gasteiger partial charge in [0.15, 0.2) is 11.2 Å². The number of benzene rings is 1. The monoisotopic (exact) mass is 497 g/mol. The number of hydrogen-bond acceptors (Lipinski definition) is 7. The zero-order valence-corrected chi connectivity index (χ0v) is 22.0. The molecule has 1 aromatic heterocycles. The lowest BCUT2D eigenvalue weighted by Gasteiger charge is -2.25. The van der Waals surface area contributed by atoms with Crippen LogP contribution < -0.4 is 4.74 Å². The largest absolute Gasteiger partial charge is 0.489 e. The van der Waals surface area contributed by atoms with E-state index in [4.69, 9.17) is 9.47 Å². The molecule has 0 aliphatic carbocycles. The fourth-order valence-electron chi connectivity index (χ4n) is 3.75. The first-order valence-corrected chi connectivity index (χ1v) is 13.1. The summed E-state index contributed by atoms with van der Waals surface area (Å²) in [5.74, 6) is 0.310. The van der Waals surface area contributed by atoms with Crippen LogP contribution in [0.15, 0.2) is 42.6 Å². The Morgan fingerprint density at radius 1 is 1.09 bits per heavy atom. The SMILES string of the molecule is CCc1ccc([C@H](COc2ccc(CC3SC(=O)CC(CC)C3=O)cc2)OC(=O)C(C)(C)C)nc1. The van der Waals surface area contributed by atoms with E-state index in [-0.39, 0.29) is 34.6 Å². The Balaban J connectivity index is 1.66. The van der Waals surface area contributed by atoms with E-state index in [9.17, 15) is 14.4 Å². The fraction of sp³-hybridized carbons (Fsp3) is 0.500. The minimum Gasteiger partial charge on any atom is -0.489 e. The van der Waals surface area contributed by atoms with Crippen LogP contribution in [0.5, 0.6) is 5.75 Å². The van der Waals surface area contributed by atoms with Crippen LogP contribution in [0.3, 0.4) is 0 Å². The predicted octanol–water partition coefficient (Wildman–Crippen LogP) is 5.52. The van der Waals surface area contributed by atoms with Gasteiger partial charge in [0.05, 0.1) is 16.4 Å². The number of thioether (sulfide) groups is 1. The van der Waals surface area contributed by atoms with Crippen molar-refractivity contribution >= 4 is 28.6 Å². The molecule has 0 saturated carbocycles. The molecule has 1 aromatic carbocycles. The van der Waals surface area contributed by atoms with Crippen LogP contribution >= 0.6 is 11.8 Å². The van der Waals surface area contributed by atoms with Crippen molar-refractivity contribution in [3.05, 3.63) is 59.4 Å². The Kier molecular flexibility index (Phi) is 9.11. The number of ketones is 1. The summed E-state index contributed by atoms with van der Waals surface area (Å²) < 4.78 is 11.7. The number of nitrogens with zero attached hydrogens (tertiary/aromatic N) is 1. The molecule has 2 aromatic rings. The molecule has 2 heterocycles. The first-order valence-electron chi connectivity index (χ1n) is 12.2. The third-order valence-electron chi connectivity index (χ3n) is 6.09. The van der Waals surface area contributed by atoms with Gasteiger partial charge in [-0.3, -0.25) is 19.4 Å². The van der Waals surface area contributed by atoms with E-state index in [0.29, 0.717) is 30.7 Å². The van der Waals surface area contributed by atoms with E-state index < -0.39 is 11.5 Å². The third kappa shape index (κ3) is 7.40. The van der Waals surface area contributed by atoms with Gasteiger partial charge in [0.2, 0.25) is 0 Å². The molecule has 0 amide bonds. The Bertz CT molecular complexity index is 1030. The third-order valence-corrected chi connectivity index (χ3v) is 7.21. The van der Waals surface area contributed by atoms with Crippen LogP contribution in [-0.2, 0) is 32.0 Å². The molecule has 1 fully saturated rings. The van der Waals surface area contributed by atoms with E-state index >= 15 is 0 Å². The number of ether oxygens (including phenoxy) is 2.